The molecule has 0 unspecified atom stereocenters. The van der Waals surface area contributed by atoms with Gasteiger partial charge in [-0.15, -0.1) is 0 Å². The van der Waals surface area contributed by atoms with Crippen LogP contribution in [0.5, 0.6) is 5.75 Å². The van der Waals surface area contributed by atoms with Crippen molar-refractivity contribution in [1.29, 1.82) is 0 Å². The average Bonchev–Trinajstić information content (AvgIpc) is 2.48. The highest BCUT2D eigenvalue weighted by Crippen LogP contribution is 2.22. The summed E-state index contributed by atoms with van der Waals surface area (Å²) in [6, 6.07) is 1.64. The zero-order valence-corrected chi connectivity index (χ0v) is 12.2. The summed E-state index contributed by atoms with van der Waals surface area (Å²) in [5, 5.41) is 2.79. The molecular formula is C14H18N2O5. The van der Waals surface area contributed by atoms with Crippen molar-refractivity contribution in [2.75, 3.05) is 25.6 Å². The van der Waals surface area contributed by atoms with Gasteiger partial charge < -0.3 is 19.5 Å². The van der Waals surface area contributed by atoms with Gasteiger partial charge in [0.1, 0.15) is 5.75 Å². The molecule has 0 fully saturated rings. The van der Waals surface area contributed by atoms with Gasteiger partial charge in [0.2, 0.25) is 0 Å². The normalized spacial score (nSPS) is 9.48. The van der Waals surface area contributed by atoms with E-state index in [1.807, 2.05) is 0 Å². The topological polar surface area (TPSA) is 86.8 Å². The fourth-order valence-corrected chi connectivity index (χ4v) is 1.44. The fourth-order valence-electron chi connectivity index (χ4n) is 1.44. The summed E-state index contributed by atoms with van der Waals surface area (Å²) in [4.78, 5) is 27.4. The fraction of sp³-hybridized carbons (Fsp3) is 0.357. The molecule has 21 heavy (non-hydrogen) atoms. The van der Waals surface area contributed by atoms with Gasteiger partial charge in [0.25, 0.3) is 0 Å². The van der Waals surface area contributed by atoms with Crippen molar-refractivity contribution in [1.82, 2.24) is 4.98 Å². The summed E-state index contributed by atoms with van der Waals surface area (Å²) in [6.45, 7) is 3.62. The molecule has 0 saturated heterocycles. The first-order chi connectivity index (χ1) is 10.1. The van der Waals surface area contributed by atoms with Gasteiger partial charge in [-0.2, -0.15) is 0 Å². The molecule has 114 valence electrons. The highest BCUT2D eigenvalue weighted by Gasteiger charge is 2.21. The van der Waals surface area contributed by atoms with E-state index in [0.29, 0.717) is 11.4 Å². The summed E-state index contributed by atoms with van der Waals surface area (Å²) in [5.74, 6) is -0.995. The number of carbonyl (C=O) groups is 2. The van der Waals surface area contributed by atoms with E-state index in [0.717, 1.165) is 0 Å². The first kappa shape index (κ1) is 16.5. The Morgan fingerprint density at radius 1 is 1.24 bits per heavy atom. The highest BCUT2D eigenvalue weighted by molar-refractivity contribution is 6.14. The van der Waals surface area contributed by atoms with Crippen molar-refractivity contribution in [3.63, 3.8) is 0 Å². The molecular weight excluding hydrogens is 276 g/mol. The lowest BCUT2D eigenvalue weighted by atomic mass is 10.3. The van der Waals surface area contributed by atoms with E-state index in [4.69, 9.17) is 14.2 Å². The molecule has 1 rings (SSSR count). The van der Waals surface area contributed by atoms with Crippen LogP contribution in [0.4, 0.5) is 5.69 Å². The Morgan fingerprint density at radius 2 is 1.86 bits per heavy atom. The van der Waals surface area contributed by atoms with Gasteiger partial charge >= 0.3 is 11.9 Å². The minimum Gasteiger partial charge on any atom is -0.494 e. The summed E-state index contributed by atoms with van der Waals surface area (Å²) in [6.07, 6.45) is 4.28. The smallest absolute Gasteiger partial charge is 0.347 e. The third-order valence-corrected chi connectivity index (χ3v) is 2.36. The Morgan fingerprint density at radius 3 is 2.38 bits per heavy atom. The molecule has 0 spiro atoms. The van der Waals surface area contributed by atoms with E-state index in [-0.39, 0.29) is 18.8 Å². The summed E-state index contributed by atoms with van der Waals surface area (Å²) in [7, 11) is 1.50. The number of hydrogen-bond donors (Lipinski definition) is 1. The van der Waals surface area contributed by atoms with E-state index in [1.165, 1.54) is 19.5 Å². The molecule has 0 bridgehead atoms. The van der Waals surface area contributed by atoms with E-state index in [2.05, 4.69) is 10.3 Å². The van der Waals surface area contributed by atoms with Crippen molar-refractivity contribution in [2.45, 2.75) is 13.8 Å². The average molecular weight is 294 g/mol. The molecule has 0 radical (unpaired) electrons. The maximum atomic E-state index is 11.8. The largest absolute Gasteiger partial charge is 0.494 e. The Hall–Kier alpha value is -2.57. The molecule has 7 heteroatoms. The second kappa shape index (κ2) is 8.57. The quantitative estimate of drug-likeness (QED) is 0.353. The van der Waals surface area contributed by atoms with Gasteiger partial charge in [0.15, 0.2) is 5.57 Å². The number of esters is 2. The van der Waals surface area contributed by atoms with Crippen LogP contribution in [-0.4, -0.2) is 37.2 Å². The number of rotatable bonds is 7. The number of hydrogen-bond acceptors (Lipinski definition) is 7. The minimum atomic E-state index is -0.758. The van der Waals surface area contributed by atoms with Gasteiger partial charge in [0.05, 0.1) is 32.2 Å². The number of nitrogens with one attached hydrogen (secondary N) is 1. The molecule has 0 aliphatic carbocycles. The van der Waals surface area contributed by atoms with Crippen LogP contribution in [0.2, 0.25) is 0 Å². The van der Waals surface area contributed by atoms with Crippen molar-refractivity contribution in [3.05, 3.63) is 30.2 Å². The predicted molar refractivity (Wildman–Crippen MR) is 75.8 cm³/mol. The van der Waals surface area contributed by atoms with Crippen molar-refractivity contribution < 1.29 is 23.8 Å². The molecule has 1 aromatic heterocycles. The number of methoxy groups -OCH3 is 1. The molecule has 1 heterocycles. The predicted octanol–water partition coefficient (Wildman–Crippen LogP) is 1.51. The zero-order chi connectivity index (χ0) is 15.7. The van der Waals surface area contributed by atoms with Crippen LogP contribution >= 0.6 is 0 Å². The van der Waals surface area contributed by atoms with E-state index < -0.39 is 11.9 Å². The van der Waals surface area contributed by atoms with Gasteiger partial charge in [-0.05, 0) is 13.8 Å². The number of ether oxygens (including phenoxy) is 3. The van der Waals surface area contributed by atoms with Crippen LogP contribution in [0.15, 0.2) is 30.2 Å². The highest BCUT2D eigenvalue weighted by atomic mass is 16.6. The molecule has 0 aliphatic rings. The Kier molecular flexibility index (Phi) is 6.73. The van der Waals surface area contributed by atoms with E-state index in [1.54, 1.807) is 26.1 Å². The third kappa shape index (κ3) is 4.79. The number of aromatic nitrogens is 1. The zero-order valence-electron chi connectivity index (χ0n) is 12.2. The number of carbonyl (C=O) groups excluding carboxylic acids is 2. The van der Waals surface area contributed by atoms with Crippen molar-refractivity contribution >= 4 is 17.6 Å². The summed E-state index contributed by atoms with van der Waals surface area (Å²) in [5.41, 5.74) is 0.274. The molecule has 0 amide bonds. The maximum absolute atomic E-state index is 11.8. The molecule has 0 atom stereocenters. The first-order valence-corrected chi connectivity index (χ1v) is 6.42. The lowest BCUT2D eigenvalue weighted by molar-refractivity contribution is -0.146. The molecule has 0 aliphatic heterocycles. The second-order valence-electron chi connectivity index (χ2n) is 3.72. The van der Waals surface area contributed by atoms with Crippen LogP contribution in [-0.2, 0) is 19.1 Å². The lowest BCUT2D eigenvalue weighted by Crippen LogP contribution is -2.19. The molecule has 7 nitrogen and oxygen atoms in total. The number of anilines is 1. The SMILES string of the molecule is CCOC(=O)C(=CNc1cnccc1OC)C(=O)OCC. The molecule has 0 saturated carbocycles. The maximum Gasteiger partial charge on any atom is 0.347 e. The second-order valence-corrected chi connectivity index (χ2v) is 3.72. The van der Waals surface area contributed by atoms with Gasteiger partial charge in [-0.3, -0.25) is 4.98 Å². The molecule has 0 aromatic carbocycles. The van der Waals surface area contributed by atoms with Crippen LogP contribution in [0.3, 0.4) is 0 Å². The van der Waals surface area contributed by atoms with Crippen molar-refractivity contribution in [3.8, 4) is 5.75 Å². The minimum absolute atomic E-state index is 0.159. The van der Waals surface area contributed by atoms with Gasteiger partial charge in [-0.1, -0.05) is 0 Å². The monoisotopic (exact) mass is 294 g/mol. The third-order valence-electron chi connectivity index (χ3n) is 2.36. The summed E-state index contributed by atoms with van der Waals surface area (Å²) < 4.78 is 14.8. The van der Waals surface area contributed by atoms with E-state index in [9.17, 15) is 9.59 Å². The van der Waals surface area contributed by atoms with E-state index >= 15 is 0 Å². The standard InChI is InChI=1S/C14H18N2O5/c1-4-20-13(17)10(14(18)21-5-2)8-16-11-9-15-7-6-12(11)19-3/h6-9,16H,4-5H2,1-3H3. The number of nitrogens with zero attached hydrogens (tertiary/aromatic N) is 1. The van der Waals surface area contributed by atoms with Crippen molar-refractivity contribution in [2.24, 2.45) is 0 Å². The van der Waals surface area contributed by atoms with Crippen LogP contribution < -0.4 is 10.1 Å². The Labute approximate surface area is 122 Å². The van der Waals surface area contributed by atoms with Gasteiger partial charge in [-0.25, -0.2) is 9.59 Å². The van der Waals surface area contributed by atoms with Crippen LogP contribution in [0.25, 0.3) is 0 Å². The van der Waals surface area contributed by atoms with Gasteiger partial charge in [0, 0.05) is 18.5 Å². The molecule has 1 N–H and O–H groups in total. The lowest BCUT2D eigenvalue weighted by Gasteiger charge is -2.09. The van der Waals surface area contributed by atoms with Crippen LogP contribution in [0.1, 0.15) is 13.8 Å². The Bertz CT molecular complexity index is 508. The van der Waals surface area contributed by atoms with Crippen LogP contribution in [0, 0.1) is 0 Å². The molecule has 1 aromatic rings. The summed E-state index contributed by atoms with van der Waals surface area (Å²) >= 11 is 0. The first-order valence-electron chi connectivity index (χ1n) is 6.42. The Balaban J connectivity index is 2.97. The number of pyridine rings is 1.